The number of hydrogen-bond donors (Lipinski definition) is 2. The van der Waals surface area contributed by atoms with E-state index in [1.54, 1.807) is 0 Å². The third-order valence-corrected chi connectivity index (χ3v) is 4.31. The number of aromatic amines is 1. The van der Waals surface area contributed by atoms with Crippen molar-refractivity contribution >= 4 is 25.6 Å². The Morgan fingerprint density at radius 2 is 2.37 bits per heavy atom. The van der Waals surface area contributed by atoms with Gasteiger partial charge >= 0.3 is 0 Å². The Hall–Kier alpha value is -1.12. The Kier molecular flexibility index (Phi) is 4.12. The van der Waals surface area contributed by atoms with E-state index in [1.165, 1.54) is 6.92 Å². The SMILES string of the molecule is Cc1[nH]nc(C(=O)NCC2CCCO2)c1S(=O)(=O)Cl. The molecule has 1 fully saturated rings. The van der Waals surface area contributed by atoms with Crippen LogP contribution in [0.25, 0.3) is 0 Å². The molecule has 1 aromatic rings. The van der Waals surface area contributed by atoms with Crippen LogP contribution in [0.2, 0.25) is 0 Å². The van der Waals surface area contributed by atoms with Crippen molar-refractivity contribution in [2.45, 2.75) is 30.8 Å². The highest BCUT2D eigenvalue weighted by Crippen LogP contribution is 2.21. The van der Waals surface area contributed by atoms with Crippen LogP contribution in [0.4, 0.5) is 0 Å². The molecule has 2 rings (SSSR count). The maximum absolute atomic E-state index is 11.9. The highest BCUT2D eigenvalue weighted by Gasteiger charge is 2.27. The molecule has 1 aliphatic rings. The summed E-state index contributed by atoms with van der Waals surface area (Å²) in [7, 11) is 1.27. The summed E-state index contributed by atoms with van der Waals surface area (Å²) in [5, 5.41) is 8.73. The van der Waals surface area contributed by atoms with Crippen molar-refractivity contribution in [3.63, 3.8) is 0 Å². The first-order chi connectivity index (χ1) is 8.89. The van der Waals surface area contributed by atoms with Crippen LogP contribution in [0, 0.1) is 6.92 Å². The van der Waals surface area contributed by atoms with Gasteiger partial charge in [-0.25, -0.2) is 8.42 Å². The number of carbonyl (C=O) groups excluding carboxylic acids is 1. The molecular formula is C10H14ClN3O4S. The van der Waals surface area contributed by atoms with Crippen molar-refractivity contribution < 1.29 is 17.9 Å². The van der Waals surface area contributed by atoms with Crippen LogP contribution in [0.1, 0.15) is 29.0 Å². The summed E-state index contributed by atoms with van der Waals surface area (Å²) in [5.74, 6) is -0.584. The lowest BCUT2D eigenvalue weighted by Gasteiger charge is -2.10. The van der Waals surface area contributed by atoms with Crippen LogP contribution in [-0.2, 0) is 13.8 Å². The molecule has 1 atom stereocenters. The Labute approximate surface area is 115 Å². The van der Waals surface area contributed by atoms with Crippen LogP contribution in [0.3, 0.4) is 0 Å². The van der Waals surface area contributed by atoms with Gasteiger partial charge in [0.25, 0.3) is 15.0 Å². The minimum absolute atomic E-state index is 0.0277. The maximum Gasteiger partial charge on any atom is 0.273 e. The summed E-state index contributed by atoms with van der Waals surface area (Å²) in [6.45, 7) is 2.50. The molecule has 0 saturated carbocycles. The van der Waals surface area contributed by atoms with Gasteiger partial charge in [-0.2, -0.15) is 5.10 Å². The standard InChI is InChI=1S/C10H14ClN3O4S/c1-6-9(19(11,16)17)8(14-13-6)10(15)12-5-7-3-2-4-18-7/h7H,2-5H2,1H3,(H,12,15)(H,13,14). The van der Waals surface area contributed by atoms with Crippen molar-refractivity contribution in [3.8, 4) is 0 Å². The second-order valence-electron chi connectivity index (χ2n) is 4.31. The topological polar surface area (TPSA) is 101 Å². The fraction of sp³-hybridized carbons (Fsp3) is 0.600. The fourth-order valence-corrected chi connectivity index (χ4v) is 3.31. The van der Waals surface area contributed by atoms with Gasteiger partial charge in [0.15, 0.2) is 5.69 Å². The number of hydrogen-bond acceptors (Lipinski definition) is 5. The second-order valence-corrected chi connectivity index (χ2v) is 6.81. The molecule has 106 valence electrons. The lowest BCUT2D eigenvalue weighted by Crippen LogP contribution is -2.32. The molecule has 9 heteroatoms. The lowest BCUT2D eigenvalue weighted by atomic mass is 10.2. The molecule has 1 aromatic heterocycles. The first-order valence-electron chi connectivity index (χ1n) is 5.79. The summed E-state index contributed by atoms with van der Waals surface area (Å²) in [6, 6.07) is 0. The number of carbonyl (C=O) groups is 1. The molecule has 0 radical (unpaired) electrons. The van der Waals surface area contributed by atoms with E-state index < -0.39 is 15.0 Å². The number of aromatic nitrogens is 2. The predicted molar refractivity (Wildman–Crippen MR) is 67.7 cm³/mol. The summed E-state index contributed by atoms with van der Waals surface area (Å²) in [6.07, 6.45) is 1.81. The molecule has 2 N–H and O–H groups in total. The van der Waals surface area contributed by atoms with Gasteiger partial charge in [0, 0.05) is 23.8 Å². The number of nitrogens with zero attached hydrogens (tertiary/aromatic N) is 1. The fourth-order valence-electron chi connectivity index (χ4n) is 1.97. The molecule has 0 spiro atoms. The van der Waals surface area contributed by atoms with Crippen LogP contribution in [-0.4, -0.2) is 43.8 Å². The van der Waals surface area contributed by atoms with Gasteiger partial charge < -0.3 is 10.1 Å². The Balaban J connectivity index is 2.11. The largest absolute Gasteiger partial charge is 0.376 e. The molecule has 1 saturated heterocycles. The van der Waals surface area contributed by atoms with Crippen LogP contribution >= 0.6 is 10.7 Å². The van der Waals surface area contributed by atoms with Crippen molar-refractivity contribution in [2.75, 3.05) is 13.2 Å². The van der Waals surface area contributed by atoms with E-state index in [9.17, 15) is 13.2 Å². The Morgan fingerprint density at radius 1 is 1.63 bits per heavy atom. The van der Waals surface area contributed by atoms with Gasteiger partial charge in [-0.1, -0.05) is 0 Å². The summed E-state index contributed by atoms with van der Waals surface area (Å²) in [5.41, 5.74) is 0.0164. The average Bonchev–Trinajstić information content (AvgIpc) is 2.93. The second kappa shape index (κ2) is 5.48. The number of rotatable bonds is 4. The molecule has 0 aromatic carbocycles. The van der Waals surface area contributed by atoms with E-state index in [-0.39, 0.29) is 22.4 Å². The van der Waals surface area contributed by atoms with Gasteiger partial charge in [-0.15, -0.1) is 0 Å². The molecule has 0 aliphatic carbocycles. The normalized spacial score (nSPS) is 19.6. The van der Waals surface area contributed by atoms with E-state index in [1.807, 2.05) is 0 Å². The van der Waals surface area contributed by atoms with Gasteiger partial charge in [-0.05, 0) is 19.8 Å². The molecule has 7 nitrogen and oxygen atoms in total. The number of amides is 1. The number of halogens is 1. The van der Waals surface area contributed by atoms with E-state index in [0.717, 1.165) is 12.8 Å². The zero-order chi connectivity index (χ0) is 14.0. The number of nitrogens with one attached hydrogen (secondary N) is 2. The summed E-state index contributed by atoms with van der Waals surface area (Å²) in [4.78, 5) is 11.6. The lowest BCUT2D eigenvalue weighted by molar-refractivity contribution is 0.0851. The minimum atomic E-state index is -4.02. The van der Waals surface area contributed by atoms with Gasteiger partial charge in [0.05, 0.1) is 11.8 Å². The van der Waals surface area contributed by atoms with Gasteiger partial charge in [-0.3, -0.25) is 9.89 Å². The molecule has 0 bridgehead atoms. The summed E-state index contributed by atoms with van der Waals surface area (Å²) < 4.78 is 28.2. The highest BCUT2D eigenvalue weighted by molar-refractivity contribution is 8.13. The van der Waals surface area contributed by atoms with Crippen molar-refractivity contribution in [2.24, 2.45) is 0 Å². The molecule has 1 aliphatic heterocycles. The van der Waals surface area contributed by atoms with Crippen LogP contribution < -0.4 is 5.32 Å². The average molecular weight is 308 g/mol. The molecule has 2 heterocycles. The molecular weight excluding hydrogens is 294 g/mol. The van der Waals surface area contributed by atoms with Crippen molar-refractivity contribution in [3.05, 3.63) is 11.4 Å². The van der Waals surface area contributed by atoms with Crippen LogP contribution in [0.5, 0.6) is 0 Å². The van der Waals surface area contributed by atoms with Crippen LogP contribution in [0.15, 0.2) is 4.90 Å². The smallest absolute Gasteiger partial charge is 0.273 e. The minimum Gasteiger partial charge on any atom is -0.376 e. The Morgan fingerprint density at radius 3 is 2.95 bits per heavy atom. The zero-order valence-corrected chi connectivity index (χ0v) is 11.8. The zero-order valence-electron chi connectivity index (χ0n) is 10.3. The first-order valence-corrected chi connectivity index (χ1v) is 8.10. The van der Waals surface area contributed by atoms with Gasteiger partial charge in [0.2, 0.25) is 0 Å². The molecule has 19 heavy (non-hydrogen) atoms. The monoisotopic (exact) mass is 307 g/mol. The highest BCUT2D eigenvalue weighted by atomic mass is 35.7. The van der Waals surface area contributed by atoms with E-state index in [0.29, 0.717) is 13.2 Å². The number of H-pyrrole nitrogens is 1. The van der Waals surface area contributed by atoms with Crippen molar-refractivity contribution in [1.29, 1.82) is 0 Å². The third kappa shape index (κ3) is 3.26. The quantitative estimate of drug-likeness (QED) is 0.791. The van der Waals surface area contributed by atoms with E-state index in [4.69, 9.17) is 15.4 Å². The Bertz CT molecular complexity index is 578. The third-order valence-electron chi connectivity index (χ3n) is 2.86. The van der Waals surface area contributed by atoms with Crippen molar-refractivity contribution in [1.82, 2.24) is 15.5 Å². The number of aryl methyl sites for hydroxylation is 1. The first kappa shape index (κ1) is 14.3. The molecule has 1 amide bonds. The maximum atomic E-state index is 11.9. The summed E-state index contributed by atoms with van der Waals surface area (Å²) >= 11 is 0. The predicted octanol–water partition coefficient (Wildman–Crippen LogP) is 0.554. The number of ether oxygens (including phenoxy) is 1. The van der Waals surface area contributed by atoms with E-state index >= 15 is 0 Å². The molecule has 1 unspecified atom stereocenters. The van der Waals surface area contributed by atoms with E-state index in [2.05, 4.69) is 15.5 Å². The van der Waals surface area contributed by atoms with Gasteiger partial charge in [0.1, 0.15) is 4.90 Å².